The molecule has 1 aromatic rings. The number of carbonyl (C=O) groups is 1. The van der Waals surface area contributed by atoms with Crippen LogP contribution < -0.4 is 11.1 Å². The van der Waals surface area contributed by atoms with Gasteiger partial charge in [-0.1, -0.05) is 0 Å². The molecule has 0 atom stereocenters. The third-order valence-electron chi connectivity index (χ3n) is 3.38. The van der Waals surface area contributed by atoms with Gasteiger partial charge in [-0.15, -0.1) is 0 Å². The highest BCUT2D eigenvalue weighted by Gasteiger charge is 2.17. The lowest BCUT2D eigenvalue weighted by Gasteiger charge is -2.22. The second kappa shape index (κ2) is 6.33. The summed E-state index contributed by atoms with van der Waals surface area (Å²) in [6.07, 6.45) is 1.87. The first kappa shape index (κ1) is 14.3. The number of nitrogens with two attached hydrogens (primary N) is 1. The van der Waals surface area contributed by atoms with Gasteiger partial charge in [0.25, 0.3) is 11.6 Å². The number of nitro groups is 1. The summed E-state index contributed by atoms with van der Waals surface area (Å²) >= 11 is 0. The summed E-state index contributed by atoms with van der Waals surface area (Å²) in [6, 6.07) is 3.99. The first-order valence-corrected chi connectivity index (χ1v) is 6.48. The number of nitrogen functional groups attached to an aromatic ring is 1. The number of nitrogens with one attached hydrogen (secondary N) is 1. The molecule has 0 aromatic heterocycles. The van der Waals surface area contributed by atoms with Crippen molar-refractivity contribution in [3.05, 3.63) is 33.9 Å². The number of hydrogen-bond acceptors (Lipinski definition) is 5. The standard InChI is InChI=1S/C13H17N3O4/c14-11-7-10(1-2-12(11)16(18)19)13(17)15-8-9-3-5-20-6-4-9/h1-2,7,9H,3-6,8,14H2,(H,15,17). The Hall–Kier alpha value is -2.15. The summed E-state index contributed by atoms with van der Waals surface area (Å²) in [5.41, 5.74) is 5.70. The number of anilines is 1. The van der Waals surface area contributed by atoms with Gasteiger partial charge in [0.15, 0.2) is 0 Å². The Bertz CT molecular complexity index is 512. The lowest BCUT2D eigenvalue weighted by Crippen LogP contribution is -2.32. The van der Waals surface area contributed by atoms with E-state index in [-0.39, 0.29) is 17.3 Å². The average Bonchev–Trinajstić information content (AvgIpc) is 2.45. The number of nitro benzene ring substituents is 1. The van der Waals surface area contributed by atoms with Gasteiger partial charge in [0.1, 0.15) is 5.69 Å². The molecule has 3 N–H and O–H groups in total. The van der Waals surface area contributed by atoms with E-state index in [0.717, 1.165) is 26.1 Å². The molecule has 0 radical (unpaired) electrons. The molecule has 1 saturated heterocycles. The molecule has 108 valence electrons. The number of nitrogens with zero attached hydrogens (tertiary/aromatic N) is 1. The molecule has 0 saturated carbocycles. The Morgan fingerprint density at radius 2 is 2.15 bits per heavy atom. The molecular formula is C13H17N3O4. The maximum Gasteiger partial charge on any atom is 0.292 e. The molecule has 7 nitrogen and oxygen atoms in total. The second-order valence-corrected chi connectivity index (χ2v) is 4.80. The van der Waals surface area contributed by atoms with Crippen LogP contribution in [0.4, 0.5) is 11.4 Å². The lowest BCUT2D eigenvalue weighted by atomic mass is 10.0. The summed E-state index contributed by atoms with van der Waals surface area (Å²) in [5, 5.41) is 13.5. The van der Waals surface area contributed by atoms with Crippen molar-refractivity contribution in [2.24, 2.45) is 5.92 Å². The van der Waals surface area contributed by atoms with Crippen LogP contribution >= 0.6 is 0 Å². The molecule has 20 heavy (non-hydrogen) atoms. The summed E-state index contributed by atoms with van der Waals surface area (Å²) in [5.74, 6) is 0.154. The van der Waals surface area contributed by atoms with Crippen LogP contribution in [0.3, 0.4) is 0 Å². The molecule has 2 rings (SSSR count). The predicted octanol–water partition coefficient (Wildman–Crippen LogP) is 1.33. The highest BCUT2D eigenvalue weighted by Crippen LogP contribution is 2.22. The maximum atomic E-state index is 12.0. The first-order valence-electron chi connectivity index (χ1n) is 6.48. The van der Waals surface area contributed by atoms with Gasteiger partial charge in [0, 0.05) is 31.4 Å². The van der Waals surface area contributed by atoms with E-state index in [2.05, 4.69) is 5.32 Å². The minimum atomic E-state index is -0.570. The quantitative estimate of drug-likeness (QED) is 0.491. The van der Waals surface area contributed by atoms with Crippen molar-refractivity contribution in [3.63, 3.8) is 0 Å². The summed E-state index contributed by atoms with van der Waals surface area (Å²) < 4.78 is 5.25. The van der Waals surface area contributed by atoms with Crippen molar-refractivity contribution in [3.8, 4) is 0 Å². The SMILES string of the molecule is Nc1cc(C(=O)NCC2CCOCC2)ccc1[N+](=O)[O-]. The molecule has 1 aromatic carbocycles. The van der Waals surface area contributed by atoms with Gasteiger partial charge >= 0.3 is 0 Å². The molecular weight excluding hydrogens is 262 g/mol. The van der Waals surface area contributed by atoms with Crippen LogP contribution in [0.25, 0.3) is 0 Å². The van der Waals surface area contributed by atoms with Gasteiger partial charge in [-0.25, -0.2) is 0 Å². The summed E-state index contributed by atoms with van der Waals surface area (Å²) in [4.78, 5) is 22.0. The van der Waals surface area contributed by atoms with Crippen molar-refractivity contribution in [1.29, 1.82) is 0 Å². The fraction of sp³-hybridized carbons (Fsp3) is 0.462. The van der Waals surface area contributed by atoms with Crippen LogP contribution in [-0.4, -0.2) is 30.6 Å². The van der Waals surface area contributed by atoms with E-state index in [1.807, 2.05) is 0 Å². The molecule has 1 heterocycles. The molecule has 0 unspecified atom stereocenters. The van der Waals surface area contributed by atoms with Gasteiger partial charge < -0.3 is 15.8 Å². The van der Waals surface area contributed by atoms with E-state index < -0.39 is 4.92 Å². The van der Waals surface area contributed by atoms with E-state index in [4.69, 9.17) is 10.5 Å². The minimum absolute atomic E-state index is 0.00582. The molecule has 1 aliphatic heterocycles. The average molecular weight is 279 g/mol. The topological polar surface area (TPSA) is 107 Å². The van der Waals surface area contributed by atoms with E-state index in [1.54, 1.807) is 0 Å². The third-order valence-corrected chi connectivity index (χ3v) is 3.38. The van der Waals surface area contributed by atoms with Gasteiger partial charge in [0.2, 0.25) is 0 Å². The molecule has 7 heteroatoms. The molecule has 0 spiro atoms. The molecule has 1 aliphatic rings. The zero-order valence-electron chi connectivity index (χ0n) is 11.0. The van der Waals surface area contributed by atoms with E-state index in [1.165, 1.54) is 18.2 Å². The van der Waals surface area contributed by atoms with E-state index >= 15 is 0 Å². The highest BCUT2D eigenvalue weighted by atomic mass is 16.6. The Labute approximate surface area is 116 Å². The Morgan fingerprint density at radius 3 is 2.75 bits per heavy atom. The Balaban J connectivity index is 1.95. The fourth-order valence-corrected chi connectivity index (χ4v) is 2.15. The number of benzene rings is 1. The number of rotatable bonds is 4. The predicted molar refractivity (Wildman–Crippen MR) is 73.4 cm³/mol. The maximum absolute atomic E-state index is 12.0. The van der Waals surface area contributed by atoms with Crippen LogP contribution in [0.2, 0.25) is 0 Å². The smallest absolute Gasteiger partial charge is 0.292 e. The van der Waals surface area contributed by atoms with Crippen molar-refractivity contribution >= 4 is 17.3 Å². The Kier molecular flexibility index (Phi) is 4.52. The number of amides is 1. The second-order valence-electron chi connectivity index (χ2n) is 4.80. The highest BCUT2D eigenvalue weighted by molar-refractivity contribution is 5.95. The van der Waals surface area contributed by atoms with Crippen molar-refractivity contribution < 1.29 is 14.5 Å². The van der Waals surface area contributed by atoms with E-state index in [0.29, 0.717) is 18.0 Å². The Morgan fingerprint density at radius 1 is 1.45 bits per heavy atom. The molecule has 1 amide bonds. The number of hydrogen-bond donors (Lipinski definition) is 2. The van der Waals surface area contributed by atoms with Gasteiger partial charge in [-0.05, 0) is 30.9 Å². The van der Waals surface area contributed by atoms with Crippen molar-refractivity contribution in [1.82, 2.24) is 5.32 Å². The van der Waals surface area contributed by atoms with Gasteiger partial charge in [-0.2, -0.15) is 0 Å². The molecule has 0 aliphatic carbocycles. The fourth-order valence-electron chi connectivity index (χ4n) is 2.15. The third kappa shape index (κ3) is 3.45. The largest absolute Gasteiger partial charge is 0.393 e. The zero-order chi connectivity index (χ0) is 14.5. The summed E-state index contributed by atoms with van der Waals surface area (Å²) in [6.45, 7) is 2.04. The van der Waals surface area contributed by atoms with Crippen LogP contribution in [0.5, 0.6) is 0 Å². The molecule has 0 bridgehead atoms. The molecule has 1 fully saturated rings. The monoisotopic (exact) mass is 279 g/mol. The van der Waals surface area contributed by atoms with Crippen molar-refractivity contribution in [2.45, 2.75) is 12.8 Å². The lowest BCUT2D eigenvalue weighted by molar-refractivity contribution is -0.383. The zero-order valence-corrected chi connectivity index (χ0v) is 11.0. The number of ether oxygens (including phenoxy) is 1. The normalized spacial score (nSPS) is 15.8. The van der Waals surface area contributed by atoms with Crippen LogP contribution in [0, 0.1) is 16.0 Å². The van der Waals surface area contributed by atoms with Gasteiger partial charge in [0.05, 0.1) is 4.92 Å². The first-order chi connectivity index (χ1) is 9.58. The summed E-state index contributed by atoms with van der Waals surface area (Å²) in [7, 11) is 0. The van der Waals surface area contributed by atoms with Crippen LogP contribution in [0.15, 0.2) is 18.2 Å². The van der Waals surface area contributed by atoms with Crippen LogP contribution in [-0.2, 0) is 4.74 Å². The van der Waals surface area contributed by atoms with E-state index in [9.17, 15) is 14.9 Å². The number of carbonyl (C=O) groups excluding carboxylic acids is 1. The van der Waals surface area contributed by atoms with Gasteiger partial charge in [-0.3, -0.25) is 14.9 Å². The van der Waals surface area contributed by atoms with Crippen LogP contribution in [0.1, 0.15) is 23.2 Å². The minimum Gasteiger partial charge on any atom is -0.393 e. The van der Waals surface area contributed by atoms with Crippen molar-refractivity contribution in [2.75, 3.05) is 25.5 Å².